The summed E-state index contributed by atoms with van der Waals surface area (Å²) in [5, 5.41) is 4.41. The van der Waals surface area contributed by atoms with Crippen molar-refractivity contribution in [1.29, 1.82) is 0 Å². The van der Waals surface area contributed by atoms with Gasteiger partial charge in [0.05, 0.1) is 27.5 Å². The maximum atomic E-state index is 13.7. The molecule has 2 heterocycles. The van der Waals surface area contributed by atoms with Gasteiger partial charge in [0.15, 0.2) is 9.84 Å². The number of aromatic nitrogens is 2. The topological polar surface area (TPSA) is 52.0 Å². The van der Waals surface area contributed by atoms with Gasteiger partial charge in [-0.2, -0.15) is 18.3 Å². The molecule has 176 valence electrons. The molecule has 0 saturated carbocycles. The van der Waals surface area contributed by atoms with E-state index in [1.54, 1.807) is 37.3 Å². The number of halogens is 3. The Labute approximate surface area is 199 Å². The summed E-state index contributed by atoms with van der Waals surface area (Å²) in [5.41, 5.74) is 1.71. The highest BCUT2D eigenvalue weighted by Crippen LogP contribution is 2.36. The van der Waals surface area contributed by atoms with E-state index in [2.05, 4.69) is 11.7 Å². The minimum atomic E-state index is -4.52. The molecule has 9 heteroatoms. The third kappa shape index (κ3) is 5.00. The summed E-state index contributed by atoms with van der Waals surface area (Å²) in [5.74, 6) is 0. The summed E-state index contributed by atoms with van der Waals surface area (Å²) in [6, 6.07) is 17.5. The fraction of sp³-hybridized carbons (Fsp3) is 0.160. The number of rotatable bonds is 6. The molecule has 4 aromatic rings. The SMILES string of the molecule is C=C(C)c1cc(Cc2ccc(-c3cccc(S(C)(=O)=O)c3)s2)n(-c2ccccc2C(F)(F)F)n1. The van der Waals surface area contributed by atoms with Crippen molar-refractivity contribution in [2.24, 2.45) is 0 Å². The molecule has 0 fully saturated rings. The summed E-state index contributed by atoms with van der Waals surface area (Å²) >= 11 is 1.45. The molecule has 0 unspecified atom stereocenters. The molecule has 0 aliphatic rings. The molecule has 34 heavy (non-hydrogen) atoms. The van der Waals surface area contributed by atoms with Crippen LogP contribution in [-0.2, 0) is 22.4 Å². The van der Waals surface area contributed by atoms with E-state index in [-0.39, 0.29) is 10.6 Å². The van der Waals surface area contributed by atoms with Gasteiger partial charge in [-0.15, -0.1) is 11.3 Å². The average molecular weight is 503 g/mol. The maximum Gasteiger partial charge on any atom is 0.418 e. The maximum absolute atomic E-state index is 13.7. The van der Waals surface area contributed by atoms with E-state index in [4.69, 9.17) is 0 Å². The first kappa shape index (κ1) is 24.0. The minimum absolute atomic E-state index is 0.0462. The summed E-state index contributed by atoms with van der Waals surface area (Å²) < 4.78 is 66.1. The van der Waals surface area contributed by atoms with Crippen molar-refractivity contribution in [2.75, 3.05) is 6.26 Å². The highest BCUT2D eigenvalue weighted by molar-refractivity contribution is 7.90. The lowest BCUT2D eigenvalue weighted by molar-refractivity contribution is -0.137. The number of benzene rings is 2. The van der Waals surface area contributed by atoms with Gasteiger partial charge in [0.1, 0.15) is 0 Å². The Morgan fingerprint density at radius 2 is 1.79 bits per heavy atom. The Kier molecular flexibility index (Phi) is 6.26. The van der Waals surface area contributed by atoms with Crippen LogP contribution in [0.1, 0.15) is 28.8 Å². The summed E-state index contributed by atoms with van der Waals surface area (Å²) in [7, 11) is -3.34. The van der Waals surface area contributed by atoms with Gasteiger partial charge in [-0.05, 0) is 60.5 Å². The molecule has 0 N–H and O–H groups in total. The molecular weight excluding hydrogens is 481 g/mol. The second kappa shape index (κ2) is 8.88. The zero-order valence-electron chi connectivity index (χ0n) is 18.4. The lowest BCUT2D eigenvalue weighted by atomic mass is 10.1. The summed E-state index contributed by atoms with van der Waals surface area (Å²) in [6.45, 7) is 5.63. The largest absolute Gasteiger partial charge is 0.418 e. The fourth-order valence-electron chi connectivity index (χ4n) is 3.55. The van der Waals surface area contributed by atoms with Crippen LogP contribution < -0.4 is 0 Å². The molecule has 0 aliphatic heterocycles. The lowest BCUT2D eigenvalue weighted by Crippen LogP contribution is -2.13. The van der Waals surface area contributed by atoms with Crippen LogP contribution in [-0.4, -0.2) is 24.5 Å². The summed E-state index contributed by atoms with van der Waals surface area (Å²) in [4.78, 5) is 1.99. The standard InChI is InChI=1S/C25H21F3N2O2S2/c1-16(2)22-15-18(30(29-22)23-10-5-4-9-21(23)25(26,27)28)14-19-11-12-24(33-19)17-7-6-8-20(13-17)34(3,31)32/h4-13,15H,1,14H2,2-3H3. The smallest absolute Gasteiger partial charge is 0.236 e. The number of hydrogen-bond acceptors (Lipinski definition) is 4. The van der Waals surface area contributed by atoms with E-state index in [9.17, 15) is 21.6 Å². The number of hydrogen-bond donors (Lipinski definition) is 0. The van der Waals surface area contributed by atoms with Crippen LogP contribution in [0, 0.1) is 0 Å². The Hall–Kier alpha value is -3.17. The zero-order chi connectivity index (χ0) is 24.7. The van der Waals surface area contributed by atoms with Crippen LogP contribution in [0.4, 0.5) is 13.2 Å². The van der Waals surface area contributed by atoms with Crippen LogP contribution in [0.5, 0.6) is 0 Å². The zero-order valence-corrected chi connectivity index (χ0v) is 20.1. The first-order valence-corrected chi connectivity index (χ1v) is 12.9. The van der Waals surface area contributed by atoms with Gasteiger partial charge in [-0.3, -0.25) is 0 Å². The van der Waals surface area contributed by atoms with E-state index in [0.717, 1.165) is 27.6 Å². The van der Waals surface area contributed by atoms with Crippen molar-refractivity contribution in [2.45, 2.75) is 24.4 Å². The number of allylic oxidation sites excluding steroid dienone is 1. The molecule has 0 bridgehead atoms. The fourth-order valence-corrected chi connectivity index (χ4v) is 5.23. The quantitative estimate of drug-likeness (QED) is 0.297. The van der Waals surface area contributed by atoms with Crippen LogP contribution in [0.2, 0.25) is 0 Å². The van der Waals surface area contributed by atoms with Gasteiger partial charge < -0.3 is 0 Å². The van der Waals surface area contributed by atoms with Crippen molar-refractivity contribution in [3.8, 4) is 16.1 Å². The molecule has 2 aromatic carbocycles. The van der Waals surface area contributed by atoms with E-state index in [0.29, 0.717) is 23.4 Å². The molecule has 2 aromatic heterocycles. The van der Waals surface area contributed by atoms with Crippen molar-refractivity contribution in [3.63, 3.8) is 0 Å². The van der Waals surface area contributed by atoms with Crippen LogP contribution in [0.15, 0.2) is 78.2 Å². The van der Waals surface area contributed by atoms with E-state index < -0.39 is 21.6 Å². The van der Waals surface area contributed by atoms with E-state index in [1.807, 2.05) is 18.2 Å². The molecule has 0 atom stereocenters. The number of sulfone groups is 1. The van der Waals surface area contributed by atoms with Crippen molar-refractivity contribution < 1.29 is 21.6 Å². The van der Waals surface area contributed by atoms with Gasteiger partial charge in [0.2, 0.25) is 0 Å². The van der Waals surface area contributed by atoms with E-state index in [1.165, 1.54) is 28.2 Å². The van der Waals surface area contributed by atoms with Crippen LogP contribution >= 0.6 is 11.3 Å². The molecule has 0 saturated heterocycles. The number of para-hydroxylation sites is 1. The Balaban J connectivity index is 1.74. The van der Waals surface area contributed by atoms with Gasteiger partial charge >= 0.3 is 6.18 Å². The third-order valence-electron chi connectivity index (χ3n) is 5.22. The van der Waals surface area contributed by atoms with Gasteiger partial charge in [-0.1, -0.05) is 30.8 Å². The van der Waals surface area contributed by atoms with Crippen LogP contribution in [0.25, 0.3) is 21.7 Å². The molecule has 0 spiro atoms. The lowest BCUT2D eigenvalue weighted by Gasteiger charge is -2.14. The molecular formula is C25H21F3N2O2S2. The number of thiophene rings is 1. The normalized spacial score (nSPS) is 12.1. The predicted octanol–water partition coefficient (Wildman–Crippen LogP) is 6.65. The minimum Gasteiger partial charge on any atom is -0.236 e. The van der Waals surface area contributed by atoms with Crippen molar-refractivity contribution in [1.82, 2.24) is 9.78 Å². The monoisotopic (exact) mass is 502 g/mol. The second-order valence-corrected chi connectivity index (χ2v) is 11.2. The Morgan fingerprint density at radius 1 is 1.06 bits per heavy atom. The van der Waals surface area contributed by atoms with Crippen molar-refractivity contribution >= 4 is 26.7 Å². The van der Waals surface area contributed by atoms with Crippen molar-refractivity contribution in [3.05, 3.63) is 95.1 Å². The summed E-state index contributed by atoms with van der Waals surface area (Å²) in [6.07, 6.45) is -3.02. The van der Waals surface area contributed by atoms with Gasteiger partial charge in [-0.25, -0.2) is 13.1 Å². The molecule has 4 rings (SSSR count). The Bertz CT molecular complexity index is 1480. The number of nitrogens with zero attached hydrogens (tertiary/aromatic N) is 2. The van der Waals surface area contributed by atoms with E-state index >= 15 is 0 Å². The highest BCUT2D eigenvalue weighted by atomic mass is 32.2. The number of alkyl halides is 3. The first-order chi connectivity index (χ1) is 15.9. The molecule has 0 aliphatic carbocycles. The highest BCUT2D eigenvalue weighted by Gasteiger charge is 2.34. The van der Waals surface area contributed by atoms with Gasteiger partial charge in [0, 0.05) is 22.4 Å². The van der Waals surface area contributed by atoms with Gasteiger partial charge in [0.25, 0.3) is 0 Å². The van der Waals surface area contributed by atoms with Crippen LogP contribution in [0.3, 0.4) is 0 Å². The third-order valence-corrected chi connectivity index (χ3v) is 7.47. The molecule has 4 nitrogen and oxygen atoms in total. The molecule has 0 amide bonds. The first-order valence-electron chi connectivity index (χ1n) is 10.2. The molecule has 0 radical (unpaired) electrons. The Morgan fingerprint density at radius 3 is 2.47 bits per heavy atom. The second-order valence-electron chi connectivity index (χ2n) is 7.97. The average Bonchev–Trinajstić information content (AvgIpc) is 3.40. The predicted molar refractivity (Wildman–Crippen MR) is 129 cm³/mol.